The van der Waals surface area contributed by atoms with Crippen LogP contribution in [0.3, 0.4) is 0 Å². The smallest absolute Gasteiger partial charge is 0.306 e. The van der Waals surface area contributed by atoms with Gasteiger partial charge in [-0.25, -0.2) is 0 Å². The van der Waals surface area contributed by atoms with Crippen LogP contribution in [0.2, 0.25) is 0 Å². The third-order valence-corrected chi connectivity index (χ3v) is 8.28. The molecule has 1 atom stereocenters. The number of rotatable bonds is 35. The van der Waals surface area contributed by atoms with E-state index in [0.29, 0.717) is 19.6 Å². The number of carbonyl (C=O) groups excluding carboxylic acids is 1. The number of aliphatic hydroxyl groups excluding tert-OH is 1. The van der Waals surface area contributed by atoms with Crippen LogP contribution in [0.25, 0.3) is 0 Å². The summed E-state index contributed by atoms with van der Waals surface area (Å²) in [5.41, 5.74) is 0. The molecule has 0 amide bonds. The fourth-order valence-corrected chi connectivity index (χ4v) is 5.42. The highest BCUT2D eigenvalue weighted by Crippen LogP contribution is 2.13. The van der Waals surface area contributed by atoms with Gasteiger partial charge in [0.05, 0.1) is 13.2 Å². The van der Waals surface area contributed by atoms with Crippen LogP contribution in [0.1, 0.15) is 194 Å². The molecule has 0 aromatic rings. The number of unbranched alkanes of at least 4 members (excludes halogenated alkanes) is 23. The Hall–Kier alpha value is -1.13. The molecule has 1 unspecified atom stereocenters. The first-order valence-electron chi connectivity index (χ1n) is 18.9. The Morgan fingerprint density at radius 1 is 0.558 bits per heavy atom. The maximum atomic E-state index is 12.1. The summed E-state index contributed by atoms with van der Waals surface area (Å²) in [4.78, 5) is 12.1. The maximum Gasteiger partial charge on any atom is 0.306 e. The van der Waals surface area contributed by atoms with Crippen LogP contribution in [0.4, 0.5) is 0 Å². The van der Waals surface area contributed by atoms with Gasteiger partial charge in [-0.05, 0) is 44.9 Å². The summed E-state index contributed by atoms with van der Waals surface area (Å²) >= 11 is 0. The molecule has 0 aromatic heterocycles. The molecule has 4 nitrogen and oxygen atoms in total. The fraction of sp³-hybridized carbons (Fsp3) is 0.872. The highest BCUT2D eigenvalue weighted by molar-refractivity contribution is 5.69. The minimum Gasteiger partial charge on any atom is -0.457 e. The van der Waals surface area contributed by atoms with Gasteiger partial charge in [-0.3, -0.25) is 4.79 Å². The standard InChI is InChI=1S/C39H74O4/c1-3-5-7-9-11-13-15-17-18-19-20-21-22-24-26-28-30-32-34-39(41)43-38(36-40)37-42-35-33-31-29-27-25-23-16-14-12-10-8-6-4-2/h13,15,18-19,38,40H,3-12,14,16-17,20-37H2,1-2H3/b15-13-,19-18-. The van der Waals surface area contributed by atoms with E-state index >= 15 is 0 Å². The first kappa shape index (κ1) is 41.9. The molecule has 0 aromatic carbocycles. The third kappa shape index (κ3) is 35.2. The van der Waals surface area contributed by atoms with Crippen LogP contribution >= 0.6 is 0 Å². The van der Waals surface area contributed by atoms with Crippen molar-refractivity contribution in [3.05, 3.63) is 24.3 Å². The zero-order valence-electron chi connectivity index (χ0n) is 29.0. The number of ether oxygens (including phenoxy) is 2. The number of hydrogen-bond donors (Lipinski definition) is 1. The molecule has 0 saturated heterocycles. The molecule has 0 aliphatic rings. The van der Waals surface area contributed by atoms with Crippen molar-refractivity contribution in [1.29, 1.82) is 0 Å². The van der Waals surface area contributed by atoms with Crippen LogP contribution in [-0.2, 0) is 14.3 Å². The summed E-state index contributed by atoms with van der Waals surface area (Å²) in [5, 5.41) is 9.55. The molecule has 0 saturated carbocycles. The molecule has 0 fully saturated rings. The first-order chi connectivity index (χ1) is 21.2. The average molecular weight is 607 g/mol. The van der Waals surface area contributed by atoms with E-state index in [-0.39, 0.29) is 12.6 Å². The highest BCUT2D eigenvalue weighted by Gasteiger charge is 2.13. The lowest BCUT2D eigenvalue weighted by molar-refractivity contribution is -0.154. The van der Waals surface area contributed by atoms with Crippen LogP contribution in [-0.4, -0.2) is 37.0 Å². The SMILES string of the molecule is CCCCCC/C=C\C/C=C\CCCCCCCCCC(=O)OC(CO)COCCCCCCCCCCCCCCC. The molecule has 0 bridgehead atoms. The summed E-state index contributed by atoms with van der Waals surface area (Å²) in [6.45, 7) is 5.34. The lowest BCUT2D eigenvalue weighted by Crippen LogP contribution is -2.27. The summed E-state index contributed by atoms with van der Waals surface area (Å²) in [6, 6.07) is 0. The van der Waals surface area contributed by atoms with Gasteiger partial charge in [0, 0.05) is 13.0 Å². The zero-order valence-corrected chi connectivity index (χ0v) is 29.0. The van der Waals surface area contributed by atoms with E-state index in [4.69, 9.17) is 9.47 Å². The quantitative estimate of drug-likeness (QED) is 0.0443. The fourth-order valence-electron chi connectivity index (χ4n) is 5.42. The number of aliphatic hydroxyl groups is 1. The Labute approximate surface area is 268 Å². The number of carbonyl (C=O) groups is 1. The van der Waals surface area contributed by atoms with E-state index in [0.717, 1.165) is 25.7 Å². The van der Waals surface area contributed by atoms with Crippen molar-refractivity contribution in [1.82, 2.24) is 0 Å². The molecular weight excluding hydrogens is 532 g/mol. The van der Waals surface area contributed by atoms with Crippen molar-refractivity contribution in [3.63, 3.8) is 0 Å². The van der Waals surface area contributed by atoms with E-state index in [1.165, 1.54) is 148 Å². The summed E-state index contributed by atoms with van der Waals surface area (Å²) in [7, 11) is 0. The number of esters is 1. The van der Waals surface area contributed by atoms with Gasteiger partial charge in [-0.2, -0.15) is 0 Å². The maximum absolute atomic E-state index is 12.1. The van der Waals surface area contributed by atoms with Gasteiger partial charge in [0.2, 0.25) is 0 Å². The van der Waals surface area contributed by atoms with Crippen molar-refractivity contribution in [2.45, 2.75) is 200 Å². The van der Waals surface area contributed by atoms with E-state index in [1.807, 2.05) is 0 Å². The second-order valence-electron chi connectivity index (χ2n) is 12.7. The predicted molar refractivity (Wildman–Crippen MR) is 187 cm³/mol. The number of allylic oxidation sites excluding steroid dienone is 4. The van der Waals surface area contributed by atoms with Crippen molar-refractivity contribution in [2.24, 2.45) is 0 Å². The van der Waals surface area contributed by atoms with Crippen molar-refractivity contribution >= 4 is 5.97 Å². The van der Waals surface area contributed by atoms with Crippen molar-refractivity contribution in [3.8, 4) is 0 Å². The summed E-state index contributed by atoms with van der Waals surface area (Å²) in [6.07, 6.45) is 43.6. The van der Waals surface area contributed by atoms with Crippen LogP contribution < -0.4 is 0 Å². The van der Waals surface area contributed by atoms with Gasteiger partial charge in [0.25, 0.3) is 0 Å². The van der Waals surface area contributed by atoms with Gasteiger partial charge >= 0.3 is 5.97 Å². The molecule has 0 rings (SSSR count). The molecule has 1 N–H and O–H groups in total. The van der Waals surface area contributed by atoms with E-state index in [2.05, 4.69) is 38.2 Å². The average Bonchev–Trinajstić information content (AvgIpc) is 3.01. The van der Waals surface area contributed by atoms with E-state index in [1.54, 1.807) is 0 Å². The Balaban J connectivity index is 3.44. The summed E-state index contributed by atoms with van der Waals surface area (Å²) < 4.78 is 11.1. The minimum atomic E-state index is -0.532. The monoisotopic (exact) mass is 607 g/mol. The first-order valence-corrected chi connectivity index (χ1v) is 18.9. The molecular formula is C39H74O4. The van der Waals surface area contributed by atoms with Gasteiger partial charge in [-0.1, -0.05) is 167 Å². The highest BCUT2D eigenvalue weighted by atomic mass is 16.6. The minimum absolute atomic E-state index is 0.171. The molecule has 4 heteroatoms. The molecule has 0 spiro atoms. The molecule has 0 radical (unpaired) electrons. The largest absolute Gasteiger partial charge is 0.457 e. The Morgan fingerprint density at radius 2 is 0.977 bits per heavy atom. The van der Waals surface area contributed by atoms with Gasteiger partial charge in [-0.15, -0.1) is 0 Å². The van der Waals surface area contributed by atoms with Crippen LogP contribution in [0.5, 0.6) is 0 Å². The number of hydrogen-bond acceptors (Lipinski definition) is 4. The van der Waals surface area contributed by atoms with Gasteiger partial charge in [0.15, 0.2) is 0 Å². The van der Waals surface area contributed by atoms with Gasteiger partial charge in [0.1, 0.15) is 6.10 Å². The zero-order chi connectivity index (χ0) is 31.3. The predicted octanol–water partition coefficient (Wildman–Crippen LogP) is 12.0. The van der Waals surface area contributed by atoms with Crippen molar-refractivity contribution in [2.75, 3.05) is 19.8 Å². The molecule has 0 heterocycles. The Morgan fingerprint density at radius 3 is 1.47 bits per heavy atom. The van der Waals surface area contributed by atoms with E-state index in [9.17, 15) is 9.90 Å². The third-order valence-electron chi connectivity index (χ3n) is 8.28. The van der Waals surface area contributed by atoms with Crippen LogP contribution in [0, 0.1) is 0 Å². The topological polar surface area (TPSA) is 55.8 Å². The summed E-state index contributed by atoms with van der Waals surface area (Å²) in [5.74, 6) is -0.207. The molecule has 0 aliphatic heterocycles. The second-order valence-corrected chi connectivity index (χ2v) is 12.7. The van der Waals surface area contributed by atoms with Gasteiger partial charge < -0.3 is 14.6 Å². The lowest BCUT2D eigenvalue weighted by Gasteiger charge is -2.16. The molecule has 0 aliphatic carbocycles. The van der Waals surface area contributed by atoms with Crippen LogP contribution in [0.15, 0.2) is 24.3 Å². The van der Waals surface area contributed by atoms with E-state index < -0.39 is 6.10 Å². The molecule has 43 heavy (non-hydrogen) atoms. The van der Waals surface area contributed by atoms with Crippen molar-refractivity contribution < 1.29 is 19.4 Å². The molecule has 254 valence electrons. The Kier molecular flexibility index (Phi) is 36.1. The lowest BCUT2D eigenvalue weighted by atomic mass is 10.0. The second kappa shape index (κ2) is 37.1. The Bertz CT molecular complexity index is 600. The normalized spacial score (nSPS) is 12.5.